The topological polar surface area (TPSA) is 129 Å². The van der Waals surface area contributed by atoms with Crippen LogP contribution >= 0.6 is 0 Å². The van der Waals surface area contributed by atoms with Crippen molar-refractivity contribution in [3.63, 3.8) is 0 Å². The Morgan fingerprint density at radius 3 is 2.71 bits per heavy atom. The maximum absolute atomic E-state index is 12.8. The Balaban J connectivity index is 1.35. The van der Waals surface area contributed by atoms with Gasteiger partial charge in [0.15, 0.2) is 11.5 Å². The average Bonchev–Trinajstić information content (AvgIpc) is 3.22. The Hall–Kier alpha value is -3.53. The molecule has 2 aromatic rings. The number of piperidine rings is 1. The average molecular weight is 428 g/mol. The number of benzene rings is 2. The van der Waals surface area contributed by atoms with Gasteiger partial charge >= 0.3 is 0 Å². The van der Waals surface area contributed by atoms with Crippen LogP contribution in [-0.4, -0.2) is 48.8 Å². The molecule has 2 aromatic carbocycles. The monoisotopic (exact) mass is 428 g/mol. The fourth-order valence-corrected chi connectivity index (χ4v) is 3.88. The number of carbonyl (C=O) groups is 1. The number of methoxy groups -OCH3 is 1. The summed E-state index contributed by atoms with van der Waals surface area (Å²) in [6.45, 7) is 2.68. The van der Waals surface area contributed by atoms with Gasteiger partial charge in [-0.1, -0.05) is 6.07 Å². The summed E-state index contributed by atoms with van der Waals surface area (Å²) in [5, 5.41) is 14.1. The molecule has 164 valence electrons. The zero-order valence-corrected chi connectivity index (χ0v) is 17.1. The van der Waals surface area contributed by atoms with Gasteiger partial charge in [-0.05, 0) is 30.5 Å². The number of anilines is 1. The molecule has 0 bridgehead atoms. The van der Waals surface area contributed by atoms with E-state index in [1.54, 1.807) is 0 Å². The quantitative estimate of drug-likeness (QED) is 0.407. The number of nitrogen functional groups attached to an aromatic ring is 1. The SMILES string of the molecule is COc1cc(N)c([N+](=O)[O-])cc1C(=O)NC1CCN(Cc2ccc3c(c2)OCO3)CC1. The Bertz CT molecular complexity index is 1000. The van der Waals surface area contributed by atoms with E-state index in [4.69, 9.17) is 19.9 Å². The van der Waals surface area contributed by atoms with Gasteiger partial charge in [0.1, 0.15) is 11.4 Å². The van der Waals surface area contributed by atoms with E-state index in [0.29, 0.717) is 0 Å². The Labute approximate surface area is 179 Å². The normalized spacial score (nSPS) is 16.2. The summed E-state index contributed by atoms with van der Waals surface area (Å²) in [6.07, 6.45) is 1.55. The van der Waals surface area contributed by atoms with Gasteiger partial charge in [0.05, 0.1) is 17.6 Å². The van der Waals surface area contributed by atoms with Crippen molar-refractivity contribution in [3.8, 4) is 17.2 Å². The van der Waals surface area contributed by atoms with Crippen LogP contribution in [0.25, 0.3) is 0 Å². The summed E-state index contributed by atoms with van der Waals surface area (Å²) in [6, 6.07) is 8.39. The predicted molar refractivity (Wildman–Crippen MR) is 112 cm³/mol. The van der Waals surface area contributed by atoms with Crippen LogP contribution < -0.4 is 25.3 Å². The zero-order chi connectivity index (χ0) is 22.0. The van der Waals surface area contributed by atoms with E-state index in [0.717, 1.165) is 55.6 Å². The molecule has 0 aromatic heterocycles. The summed E-state index contributed by atoms with van der Waals surface area (Å²) >= 11 is 0. The molecule has 0 unspecified atom stereocenters. The molecule has 2 aliphatic rings. The molecule has 1 fully saturated rings. The highest BCUT2D eigenvalue weighted by Gasteiger charge is 2.25. The summed E-state index contributed by atoms with van der Waals surface area (Å²) in [5.74, 6) is 1.34. The number of likely N-dealkylation sites (tertiary alicyclic amines) is 1. The van der Waals surface area contributed by atoms with E-state index in [1.165, 1.54) is 13.2 Å². The van der Waals surface area contributed by atoms with Crippen LogP contribution in [0, 0.1) is 10.1 Å². The van der Waals surface area contributed by atoms with Crippen LogP contribution in [0.1, 0.15) is 28.8 Å². The lowest BCUT2D eigenvalue weighted by Gasteiger charge is -2.32. The number of rotatable bonds is 6. The molecule has 3 N–H and O–H groups in total. The van der Waals surface area contributed by atoms with Crippen molar-refractivity contribution >= 4 is 17.3 Å². The van der Waals surface area contributed by atoms with E-state index in [9.17, 15) is 14.9 Å². The molecule has 4 rings (SSSR count). The van der Waals surface area contributed by atoms with Gasteiger partial charge in [-0.3, -0.25) is 19.8 Å². The van der Waals surface area contributed by atoms with Crippen LogP contribution in [0.5, 0.6) is 17.2 Å². The third kappa shape index (κ3) is 4.48. The number of fused-ring (bicyclic) bond motifs is 1. The van der Waals surface area contributed by atoms with E-state index < -0.39 is 10.8 Å². The second-order valence-corrected chi connectivity index (χ2v) is 7.58. The fraction of sp³-hybridized carbons (Fsp3) is 0.381. The van der Waals surface area contributed by atoms with Crippen LogP contribution in [0.2, 0.25) is 0 Å². The van der Waals surface area contributed by atoms with Gasteiger partial charge in [-0.25, -0.2) is 0 Å². The number of nitrogens with one attached hydrogen (secondary N) is 1. The third-order valence-electron chi connectivity index (χ3n) is 5.56. The molecule has 1 amide bonds. The van der Waals surface area contributed by atoms with Crippen molar-refractivity contribution in [1.82, 2.24) is 10.2 Å². The van der Waals surface area contributed by atoms with E-state index in [-0.39, 0.29) is 35.5 Å². The summed E-state index contributed by atoms with van der Waals surface area (Å²) in [4.78, 5) is 25.6. The number of hydrogen-bond donors (Lipinski definition) is 2. The molecule has 2 heterocycles. The van der Waals surface area contributed by atoms with Crippen molar-refractivity contribution in [3.05, 3.63) is 51.6 Å². The minimum atomic E-state index is -0.611. The van der Waals surface area contributed by atoms with Crippen molar-refractivity contribution in [1.29, 1.82) is 0 Å². The second kappa shape index (κ2) is 8.68. The van der Waals surface area contributed by atoms with E-state index >= 15 is 0 Å². The lowest BCUT2D eigenvalue weighted by Crippen LogP contribution is -2.44. The van der Waals surface area contributed by atoms with E-state index in [2.05, 4.69) is 10.2 Å². The molecular weight excluding hydrogens is 404 g/mol. The van der Waals surface area contributed by atoms with Crippen LogP contribution in [0.3, 0.4) is 0 Å². The number of amides is 1. The number of nitrogens with two attached hydrogens (primary N) is 1. The smallest absolute Gasteiger partial charge is 0.293 e. The first kappa shape index (κ1) is 20.7. The highest BCUT2D eigenvalue weighted by atomic mass is 16.7. The lowest BCUT2D eigenvalue weighted by molar-refractivity contribution is -0.383. The number of nitro groups is 1. The lowest BCUT2D eigenvalue weighted by atomic mass is 10.0. The van der Waals surface area contributed by atoms with Gasteiger partial charge in [0.25, 0.3) is 11.6 Å². The van der Waals surface area contributed by atoms with E-state index in [1.807, 2.05) is 18.2 Å². The first-order valence-corrected chi connectivity index (χ1v) is 9.98. The molecule has 0 saturated carbocycles. The fourth-order valence-electron chi connectivity index (χ4n) is 3.88. The maximum Gasteiger partial charge on any atom is 0.293 e. The number of nitrogens with zero attached hydrogens (tertiary/aromatic N) is 2. The Kier molecular flexibility index (Phi) is 5.81. The number of hydrogen-bond acceptors (Lipinski definition) is 8. The van der Waals surface area contributed by atoms with Gasteiger partial charge in [0.2, 0.25) is 6.79 Å². The standard InChI is InChI=1S/C21H24N4O6/c1-29-19-10-16(22)17(25(27)28)9-15(19)21(26)23-14-4-6-24(7-5-14)11-13-2-3-18-20(8-13)31-12-30-18/h2-3,8-10,14H,4-7,11-12,22H2,1H3,(H,23,26). The first-order valence-electron chi connectivity index (χ1n) is 9.98. The van der Waals surface area contributed by atoms with Gasteiger partial charge in [-0.15, -0.1) is 0 Å². The summed E-state index contributed by atoms with van der Waals surface area (Å²) in [5.41, 5.74) is 6.57. The number of carbonyl (C=O) groups excluding carboxylic acids is 1. The summed E-state index contributed by atoms with van der Waals surface area (Å²) < 4.78 is 16.0. The summed E-state index contributed by atoms with van der Waals surface area (Å²) in [7, 11) is 1.39. The molecule has 31 heavy (non-hydrogen) atoms. The van der Waals surface area contributed by atoms with Crippen LogP contribution in [0.4, 0.5) is 11.4 Å². The molecule has 10 heteroatoms. The zero-order valence-electron chi connectivity index (χ0n) is 17.1. The molecule has 0 radical (unpaired) electrons. The highest BCUT2D eigenvalue weighted by Crippen LogP contribution is 2.33. The van der Waals surface area contributed by atoms with Crippen molar-refractivity contribution in [2.75, 3.05) is 32.7 Å². The maximum atomic E-state index is 12.8. The Morgan fingerprint density at radius 2 is 2.00 bits per heavy atom. The number of nitro benzene ring substituents is 1. The molecule has 10 nitrogen and oxygen atoms in total. The van der Waals surface area contributed by atoms with Gasteiger partial charge in [-0.2, -0.15) is 0 Å². The second-order valence-electron chi connectivity index (χ2n) is 7.58. The molecule has 0 atom stereocenters. The van der Waals surface area contributed by atoms with Crippen molar-refractivity contribution < 1.29 is 23.9 Å². The highest BCUT2D eigenvalue weighted by molar-refractivity contribution is 5.98. The van der Waals surface area contributed by atoms with Gasteiger partial charge < -0.3 is 25.3 Å². The van der Waals surface area contributed by atoms with Crippen LogP contribution in [-0.2, 0) is 6.54 Å². The molecule has 2 aliphatic heterocycles. The van der Waals surface area contributed by atoms with Gasteiger partial charge in [0, 0.05) is 37.8 Å². The Morgan fingerprint density at radius 1 is 1.26 bits per heavy atom. The van der Waals surface area contributed by atoms with Crippen molar-refractivity contribution in [2.24, 2.45) is 0 Å². The number of ether oxygens (including phenoxy) is 3. The molecule has 0 spiro atoms. The third-order valence-corrected chi connectivity index (χ3v) is 5.56. The largest absolute Gasteiger partial charge is 0.496 e. The minimum absolute atomic E-state index is 0.0261. The van der Waals surface area contributed by atoms with Crippen molar-refractivity contribution in [2.45, 2.75) is 25.4 Å². The minimum Gasteiger partial charge on any atom is -0.496 e. The molecular formula is C21H24N4O6. The molecule has 0 aliphatic carbocycles. The first-order chi connectivity index (χ1) is 14.9. The molecule has 1 saturated heterocycles. The van der Waals surface area contributed by atoms with Crippen LogP contribution in [0.15, 0.2) is 30.3 Å². The predicted octanol–water partition coefficient (Wildman–Crippen LogP) is 2.31.